The van der Waals surface area contributed by atoms with Gasteiger partial charge in [0.1, 0.15) is 39.9 Å². The van der Waals surface area contributed by atoms with Gasteiger partial charge < -0.3 is 24.8 Å². The van der Waals surface area contributed by atoms with Gasteiger partial charge in [0.15, 0.2) is 0 Å². The number of rotatable bonds is 15. The molecule has 10 nitrogen and oxygen atoms in total. The average molecular weight is 679 g/mol. The van der Waals surface area contributed by atoms with Gasteiger partial charge in [-0.3, -0.25) is 14.4 Å². The second kappa shape index (κ2) is 15.9. The molecule has 4 rings (SSSR count). The Bertz CT molecular complexity index is 1630. The van der Waals surface area contributed by atoms with Crippen LogP contribution in [0.15, 0.2) is 36.2 Å². The van der Waals surface area contributed by atoms with Gasteiger partial charge in [-0.25, -0.2) is 9.97 Å². The number of primary amides is 1. The molecule has 1 aliphatic heterocycles. The fourth-order valence-electron chi connectivity index (χ4n) is 6.04. The number of hydrogen-bond acceptors (Lipinski definition) is 9. The molecule has 1 aliphatic rings. The number of unbranched alkanes of at least 4 members (excludes halogenated alkanes) is 3. The second-order valence-corrected chi connectivity index (χ2v) is 14.7. The van der Waals surface area contributed by atoms with Crippen LogP contribution >= 0.6 is 11.3 Å². The lowest BCUT2D eigenvalue weighted by atomic mass is 9.95. The summed E-state index contributed by atoms with van der Waals surface area (Å²) in [6.07, 6.45) is 5.49. The number of aryl methyl sites for hydroxylation is 1. The number of esters is 1. The van der Waals surface area contributed by atoms with Crippen molar-refractivity contribution in [3.63, 3.8) is 0 Å². The Balaban J connectivity index is 1.64. The van der Waals surface area contributed by atoms with Gasteiger partial charge in [0, 0.05) is 34.7 Å². The number of ether oxygens (including phenoxy) is 3. The third kappa shape index (κ3) is 9.12. The molecule has 0 spiro atoms. The molecule has 0 aliphatic carbocycles. The summed E-state index contributed by atoms with van der Waals surface area (Å²) >= 11 is 1.52. The molecule has 1 fully saturated rings. The summed E-state index contributed by atoms with van der Waals surface area (Å²) in [5.41, 5.74) is 8.41. The van der Waals surface area contributed by atoms with Crippen molar-refractivity contribution in [3.05, 3.63) is 47.5 Å². The first-order chi connectivity index (χ1) is 22.7. The van der Waals surface area contributed by atoms with E-state index in [1.165, 1.54) is 16.2 Å². The first-order valence-corrected chi connectivity index (χ1v) is 17.6. The van der Waals surface area contributed by atoms with Gasteiger partial charge in [-0.05, 0) is 65.0 Å². The maximum Gasteiger partial charge on any atom is 0.307 e. The number of likely N-dealkylation sites (tertiary alicyclic amines) is 1. The summed E-state index contributed by atoms with van der Waals surface area (Å²) in [7, 11) is 1.62. The molecule has 1 aromatic carbocycles. The zero-order valence-corrected chi connectivity index (χ0v) is 30.2. The third-order valence-corrected chi connectivity index (χ3v) is 9.39. The van der Waals surface area contributed by atoms with Crippen molar-refractivity contribution in [1.82, 2.24) is 14.9 Å². The Morgan fingerprint density at radius 1 is 1.15 bits per heavy atom. The Morgan fingerprint density at radius 3 is 2.52 bits per heavy atom. The van der Waals surface area contributed by atoms with Crippen LogP contribution < -0.4 is 15.2 Å². The van der Waals surface area contributed by atoms with Gasteiger partial charge in [-0.2, -0.15) is 0 Å². The van der Waals surface area contributed by atoms with Crippen LogP contribution in [0.4, 0.5) is 0 Å². The van der Waals surface area contributed by atoms with Crippen LogP contribution in [0.5, 0.6) is 11.5 Å². The summed E-state index contributed by atoms with van der Waals surface area (Å²) in [5, 5.41) is 3.58. The first-order valence-electron chi connectivity index (χ1n) is 16.8. The minimum absolute atomic E-state index is 0.0727. The molecule has 2 amide bonds. The zero-order chi connectivity index (χ0) is 35.2. The highest BCUT2D eigenvalue weighted by Crippen LogP contribution is 2.38. The number of carbonyl (C=O) groups excluding carboxylic acids is 3. The monoisotopic (exact) mass is 678 g/mol. The second-order valence-electron chi connectivity index (χ2n) is 13.8. The topological polar surface area (TPSA) is 134 Å². The molecule has 0 saturated carbocycles. The van der Waals surface area contributed by atoms with Gasteiger partial charge in [0.2, 0.25) is 11.8 Å². The van der Waals surface area contributed by atoms with E-state index in [0.717, 1.165) is 52.9 Å². The number of carbonyl (C=O) groups is 3. The number of amides is 2. The number of hydrogen-bond donors (Lipinski definition) is 1. The van der Waals surface area contributed by atoms with E-state index in [2.05, 4.69) is 20.4 Å². The highest BCUT2D eigenvalue weighted by Gasteiger charge is 2.42. The van der Waals surface area contributed by atoms with Gasteiger partial charge >= 0.3 is 5.97 Å². The Hall–Kier alpha value is -3.99. The highest BCUT2D eigenvalue weighted by atomic mass is 32.1. The van der Waals surface area contributed by atoms with Gasteiger partial charge in [-0.1, -0.05) is 32.8 Å². The summed E-state index contributed by atoms with van der Waals surface area (Å²) in [5.74, 6) is -0.450. The molecule has 48 heavy (non-hydrogen) atoms. The number of allylic oxidation sites excluding steroid dienone is 1. The van der Waals surface area contributed by atoms with Crippen LogP contribution in [0.3, 0.4) is 0 Å². The molecule has 11 heteroatoms. The van der Waals surface area contributed by atoms with Crippen molar-refractivity contribution < 1.29 is 28.6 Å². The number of methoxy groups -OCH3 is 1. The lowest BCUT2D eigenvalue weighted by Gasteiger charge is -2.28. The molecular formula is C37H50N4O6S. The predicted octanol–water partition coefficient (Wildman–Crippen LogP) is 7.12. The maximum absolute atomic E-state index is 14.1. The van der Waals surface area contributed by atoms with Crippen LogP contribution in [0.2, 0.25) is 0 Å². The van der Waals surface area contributed by atoms with E-state index in [1.54, 1.807) is 27.9 Å². The zero-order valence-electron chi connectivity index (χ0n) is 29.3. The van der Waals surface area contributed by atoms with E-state index in [9.17, 15) is 14.4 Å². The van der Waals surface area contributed by atoms with Gasteiger partial charge in [0.05, 0.1) is 31.3 Å². The van der Waals surface area contributed by atoms with Crippen LogP contribution in [-0.2, 0) is 19.1 Å². The van der Waals surface area contributed by atoms with Crippen molar-refractivity contribution in [1.29, 1.82) is 0 Å². The molecule has 0 unspecified atom stereocenters. The average Bonchev–Trinajstić information content (AvgIpc) is 3.68. The summed E-state index contributed by atoms with van der Waals surface area (Å²) in [6, 6.07) is 4.78. The maximum atomic E-state index is 14.1. The fourth-order valence-corrected chi connectivity index (χ4v) is 6.98. The molecule has 2 aromatic heterocycles. The molecule has 3 atom stereocenters. The van der Waals surface area contributed by atoms with E-state index in [-0.39, 0.29) is 31.2 Å². The molecule has 260 valence electrons. The molecule has 3 aromatic rings. The van der Waals surface area contributed by atoms with Crippen LogP contribution in [0, 0.1) is 12.8 Å². The predicted molar refractivity (Wildman–Crippen MR) is 189 cm³/mol. The summed E-state index contributed by atoms with van der Waals surface area (Å²) in [6.45, 7) is 15.5. The van der Waals surface area contributed by atoms with Gasteiger partial charge in [0.25, 0.3) is 0 Å². The Labute approximate surface area is 288 Å². The summed E-state index contributed by atoms with van der Waals surface area (Å²) in [4.78, 5) is 51.0. The molecule has 3 heterocycles. The molecule has 1 saturated heterocycles. The quantitative estimate of drug-likeness (QED) is 0.102. The molecule has 0 bridgehead atoms. The summed E-state index contributed by atoms with van der Waals surface area (Å²) < 4.78 is 17.8. The largest absolute Gasteiger partial charge is 0.496 e. The van der Waals surface area contributed by atoms with E-state index < -0.39 is 35.5 Å². The lowest BCUT2D eigenvalue weighted by Crippen LogP contribution is -2.46. The van der Waals surface area contributed by atoms with Crippen molar-refractivity contribution >= 4 is 40.0 Å². The van der Waals surface area contributed by atoms with Crippen molar-refractivity contribution in [2.24, 2.45) is 11.7 Å². The lowest BCUT2D eigenvalue weighted by molar-refractivity contribution is -0.158. The van der Waals surface area contributed by atoms with Crippen molar-refractivity contribution in [2.75, 3.05) is 13.7 Å². The van der Waals surface area contributed by atoms with Gasteiger partial charge in [-0.15, -0.1) is 17.9 Å². The van der Waals surface area contributed by atoms with Crippen LogP contribution in [0.25, 0.3) is 21.6 Å². The SMILES string of the molecule is C=CCCCCC[C@H](CC(=O)OC(C)(C)C)C(=O)N1C[C@H](Oc2cc(-c3nc(C(C)C)cs3)nc3c(C)c(OC)ccc23)C[C@H]1C(N)=O. The van der Waals surface area contributed by atoms with Crippen LogP contribution in [-0.4, -0.2) is 64.1 Å². The van der Waals surface area contributed by atoms with Crippen LogP contribution in [0.1, 0.15) is 96.7 Å². The number of fused-ring (bicyclic) bond motifs is 1. The van der Waals surface area contributed by atoms with E-state index in [4.69, 9.17) is 29.9 Å². The Morgan fingerprint density at radius 2 is 1.90 bits per heavy atom. The standard InChI is InChI=1S/C37H50N4O6S/c1-9-10-11-12-13-14-24(17-32(42)47-37(5,6)7)36(44)41-20-25(18-29(41)34(38)43)46-31-19-27(35-40-28(21-48-35)22(2)3)39-33-23(4)30(45-8)16-15-26(31)33/h9,15-16,19,21-22,24-25,29H,1,10-14,17-18,20H2,2-8H3,(H2,38,43)/t24-,25-,29+/m1/s1. The van der Waals surface area contributed by atoms with Crippen molar-refractivity contribution in [2.45, 2.75) is 110 Å². The number of thiazole rings is 1. The fraction of sp³-hybridized carbons (Fsp3) is 0.541. The number of benzene rings is 1. The van der Waals surface area contributed by atoms with Crippen molar-refractivity contribution in [3.8, 4) is 22.2 Å². The molecule has 0 radical (unpaired) electrons. The third-order valence-electron chi connectivity index (χ3n) is 8.51. The normalized spacial score (nSPS) is 17.0. The number of pyridine rings is 1. The first kappa shape index (κ1) is 36.8. The highest BCUT2D eigenvalue weighted by molar-refractivity contribution is 7.13. The van der Waals surface area contributed by atoms with E-state index in [1.807, 2.05) is 36.6 Å². The van der Waals surface area contributed by atoms with E-state index >= 15 is 0 Å². The number of nitrogens with zero attached hydrogens (tertiary/aromatic N) is 3. The molecule has 2 N–H and O–H groups in total. The smallest absolute Gasteiger partial charge is 0.307 e. The number of aromatic nitrogens is 2. The number of nitrogens with two attached hydrogens (primary N) is 1. The Kier molecular flexibility index (Phi) is 12.2. The minimum Gasteiger partial charge on any atom is -0.496 e. The molecular weight excluding hydrogens is 628 g/mol. The minimum atomic E-state index is -0.869. The van der Waals surface area contributed by atoms with E-state index in [0.29, 0.717) is 23.6 Å².